The summed E-state index contributed by atoms with van der Waals surface area (Å²) in [4.78, 5) is 1.97. The van der Waals surface area contributed by atoms with Crippen molar-refractivity contribution in [2.45, 2.75) is 31.8 Å². The summed E-state index contributed by atoms with van der Waals surface area (Å²) >= 11 is 0. The van der Waals surface area contributed by atoms with Gasteiger partial charge < -0.3 is 10.0 Å². The molecule has 1 aliphatic carbocycles. The van der Waals surface area contributed by atoms with Gasteiger partial charge in [0.15, 0.2) is 0 Å². The van der Waals surface area contributed by atoms with Crippen LogP contribution in [-0.2, 0) is 0 Å². The van der Waals surface area contributed by atoms with Gasteiger partial charge in [0, 0.05) is 25.4 Å². The average Bonchev–Trinajstić information content (AvgIpc) is 2.67. The predicted octanol–water partition coefficient (Wildman–Crippen LogP) is 1.34. The molecule has 3 unspecified atom stereocenters. The molecule has 0 bridgehead atoms. The van der Waals surface area contributed by atoms with E-state index in [2.05, 4.69) is 0 Å². The first-order valence-corrected chi connectivity index (χ1v) is 5.27. The molecule has 1 aliphatic heterocycles. The smallest absolute Gasteiger partial charge is 0.252 e. The van der Waals surface area contributed by atoms with Crippen LogP contribution < -0.4 is 0 Å². The number of hydrogen-bond donors (Lipinski definition) is 1. The van der Waals surface area contributed by atoms with E-state index in [9.17, 15) is 13.9 Å². The van der Waals surface area contributed by atoms with E-state index in [1.54, 1.807) is 0 Å². The van der Waals surface area contributed by atoms with Gasteiger partial charge in [-0.1, -0.05) is 6.92 Å². The van der Waals surface area contributed by atoms with Crippen molar-refractivity contribution >= 4 is 0 Å². The fraction of sp³-hybridized carbons (Fsp3) is 1.00. The van der Waals surface area contributed by atoms with Gasteiger partial charge in [0.2, 0.25) is 0 Å². The molecule has 0 amide bonds. The molecule has 0 aromatic rings. The van der Waals surface area contributed by atoms with E-state index >= 15 is 0 Å². The molecule has 2 aliphatic rings. The minimum Gasteiger partial charge on any atom is -0.392 e. The summed E-state index contributed by atoms with van der Waals surface area (Å²) in [6.07, 6.45) is 0.616. The Morgan fingerprint density at radius 1 is 1.50 bits per heavy atom. The van der Waals surface area contributed by atoms with Gasteiger partial charge in [-0.25, -0.2) is 8.78 Å². The molecule has 2 rings (SSSR count). The van der Waals surface area contributed by atoms with Crippen LogP contribution in [0.25, 0.3) is 0 Å². The monoisotopic (exact) mass is 205 g/mol. The lowest BCUT2D eigenvalue weighted by atomic mass is 9.96. The van der Waals surface area contributed by atoms with Gasteiger partial charge >= 0.3 is 0 Å². The Balaban J connectivity index is 1.78. The Kier molecular flexibility index (Phi) is 2.52. The van der Waals surface area contributed by atoms with Crippen molar-refractivity contribution in [3.8, 4) is 0 Å². The standard InChI is InChI=1S/C10H17F2NO/c1-7-2-3-13(6-9(7)14)5-8-4-10(8,11)12/h7-9,14H,2-6H2,1H3. The molecular weight excluding hydrogens is 188 g/mol. The van der Waals surface area contributed by atoms with Crippen LogP contribution in [0, 0.1) is 11.8 Å². The first-order chi connectivity index (χ1) is 6.49. The summed E-state index contributed by atoms with van der Waals surface area (Å²) in [5, 5.41) is 9.58. The Morgan fingerprint density at radius 3 is 2.64 bits per heavy atom. The zero-order chi connectivity index (χ0) is 10.3. The maximum atomic E-state index is 12.6. The first-order valence-electron chi connectivity index (χ1n) is 5.27. The van der Waals surface area contributed by atoms with Crippen LogP contribution in [0.3, 0.4) is 0 Å². The zero-order valence-electron chi connectivity index (χ0n) is 8.42. The van der Waals surface area contributed by atoms with Gasteiger partial charge in [0.05, 0.1) is 6.10 Å². The highest BCUT2D eigenvalue weighted by atomic mass is 19.3. The van der Waals surface area contributed by atoms with Crippen molar-refractivity contribution in [1.29, 1.82) is 0 Å². The maximum Gasteiger partial charge on any atom is 0.252 e. The minimum atomic E-state index is -2.42. The predicted molar refractivity (Wildman–Crippen MR) is 49.3 cm³/mol. The molecule has 1 N–H and O–H groups in total. The van der Waals surface area contributed by atoms with E-state index in [0.29, 0.717) is 19.0 Å². The highest BCUT2D eigenvalue weighted by Crippen LogP contribution is 2.49. The molecule has 14 heavy (non-hydrogen) atoms. The van der Waals surface area contributed by atoms with Crippen molar-refractivity contribution < 1.29 is 13.9 Å². The zero-order valence-corrected chi connectivity index (χ0v) is 8.42. The fourth-order valence-electron chi connectivity index (χ4n) is 2.06. The second-order valence-electron chi connectivity index (χ2n) is 4.75. The van der Waals surface area contributed by atoms with Gasteiger partial charge in [-0.2, -0.15) is 0 Å². The lowest BCUT2D eigenvalue weighted by Crippen LogP contribution is -2.43. The van der Waals surface area contributed by atoms with Gasteiger partial charge in [-0.15, -0.1) is 0 Å². The number of aliphatic hydroxyl groups excluding tert-OH is 1. The average molecular weight is 205 g/mol. The summed E-state index contributed by atoms with van der Waals surface area (Å²) in [6, 6.07) is 0. The van der Waals surface area contributed by atoms with Crippen LogP contribution in [0.15, 0.2) is 0 Å². The molecule has 1 heterocycles. The van der Waals surface area contributed by atoms with Crippen molar-refractivity contribution in [2.75, 3.05) is 19.6 Å². The number of rotatable bonds is 2. The summed E-state index contributed by atoms with van der Waals surface area (Å²) in [6.45, 7) is 3.88. The molecule has 2 nitrogen and oxygen atoms in total. The number of aliphatic hydroxyl groups is 1. The van der Waals surface area contributed by atoms with Crippen molar-refractivity contribution in [3.63, 3.8) is 0 Å². The molecule has 0 aromatic heterocycles. The minimum absolute atomic E-state index is 0.0369. The molecule has 3 atom stereocenters. The third-order valence-corrected chi connectivity index (χ3v) is 3.44. The Labute approximate surface area is 82.9 Å². The molecule has 4 heteroatoms. The van der Waals surface area contributed by atoms with E-state index in [1.165, 1.54) is 0 Å². The van der Waals surface area contributed by atoms with Gasteiger partial charge in [-0.3, -0.25) is 0 Å². The summed E-state index contributed by atoms with van der Waals surface area (Å²) in [5.74, 6) is -2.57. The van der Waals surface area contributed by atoms with Crippen LogP contribution in [0.1, 0.15) is 19.8 Å². The summed E-state index contributed by atoms with van der Waals surface area (Å²) in [7, 11) is 0. The van der Waals surface area contributed by atoms with Crippen LogP contribution in [0.2, 0.25) is 0 Å². The molecular formula is C10H17F2NO. The second-order valence-corrected chi connectivity index (χ2v) is 4.75. The molecule has 1 saturated carbocycles. The van der Waals surface area contributed by atoms with Crippen LogP contribution in [0.5, 0.6) is 0 Å². The molecule has 82 valence electrons. The third-order valence-electron chi connectivity index (χ3n) is 3.44. The topological polar surface area (TPSA) is 23.5 Å². The fourth-order valence-corrected chi connectivity index (χ4v) is 2.06. The van der Waals surface area contributed by atoms with Crippen molar-refractivity contribution in [1.82, 2.24) is 4.90 Å². The quantitative estimate of drug-likeness (QED) is 0.735. The molecule has 0 spiro atoms. The van der Waals surface area contributed by atoms with Gasteiger partial charge in [0.25, 0.3) is 5.92 Å². The van der Waals surface area contributed by atoms with Crippen molar-refractivity contribution in [3.05, 3.63) is 0 Å². The summed E-state index contributed by atoms with van der Waals surface area (Å²) < 4.78 is 25.3. The Hall–Kier alpha value is -0.220. The van der Waals surface area contributed by atoms with Crippen LogP contribution in [-0.4, -0.2) is 41.7 Å². The molecule has 0 radical (unpaired) electrons. The van der Waals surface area contributed by atoms with Crippen molar-refractivity contribution in [2.24, 2.45) is 11.8 Å². The third kappa shape index (κ3) is 2.06. The lowest BCUT2D eigenvalue weighted by Gasteiger charge is -2.34. The number of hydrogen-bond acceptors (Lipinski definition) is 2. The number of β-amino-alcohol motifs (C(OH)–C–C–N with tert-alkyl or cyclic N) is 1. The maximum absolute atomic E-state index is 12.6. The molecule has 0 aromatic carbocycles. The van der Waals surface area contributed by atoms with Gasteiger partial charge in [-0.05, 0) is 18.9 Å². The lowest BCUT2D eigenvalue weighted by molar-refractivity contribution is 0.0180. The van der Waals surface area contributed by atoms with E-state index in [-0.39, 0.29) is 12.5 Å². The van der Waals surface area contributed by atoms with Gasteiger partial charge in [0.1, 0.15) is 0 Å². The molecule has 2 fully saturated rings. The second kappa shape index (κ2) is 3.42. The first kappa shape index (κ1) is 10.3. The van der Waals surface area contributed by atoms with Crippen LogP contribution in [0.4, 0.5) is 8.78 Å². The number of halogens is 2. The number of alkyl halides is 2. The normalized spacial score (nSPS) is 42.4. The number of nitrogens with zero attached hydrogens (tertiary/aromatic N) is 1. The number of likely N-dealkylation sites (tertiary alicyclic amines) is 1. The largest absolute Gasteiger partial charge is 0.392 e. The Morgan fingerprint density at radius 2 is 2.14 bits per heavy atom. The van der Waals surface area contributed by atoms with E-state index in [4.69, 9.17) is 0 Å². The highest BCUT2D eigenvalue weighted by molar-refractivity contribution is 4.97. The summed E-state index contributed by atoms with van der Waals surface area (Å²) in [5.41, 5.74) is 0. The molecule has 1 saturated heterocycles. The SMILES string of the molecule is CC1CCN(CC2CC2(F)F)CC1O. The highest BCUT2D eigenvalue weighted by Gasteiger charge is 2.57. The van der Waals surface area contributed by atoms with E-state index < -0.39 is 11.8 Å². The van der Waals surface area contributed by atoms with E-state index in [1.807, 2.05) is 11.8 Å². The van der Waals surface area contributed by atoms with E-state index in [0.717, 1.165) is 13.0 Å². The number of piperidine rings is 1. The Bertz CT molecular complexity index is 222. The van der Waals surface area contributed by atoms with Crippen LogP contribution >= 0.6 is 0 Å².